The molecule has 2 rings (SSSR count). The highest BCUT2D eigenvalue weighted by Crippen LogP contribution is 2.10. The van der Waals surface area contributed by atoms with Gasteiger partial charge in [0.25, 0.3) is 0 Å². The van der Waals surface area contributed by atoms with Crippen molar-refractivity contribution in [1.29, 1.82) is 5.26 Å². The first kappa shape index (κ1) is 18.2. The summed E-state index contributed by atoms with van der Waals surface area (Å²) in [5, 5.41) is 11.6. The van der Waals surface area contributed by atoms with Gasteiger partial charge in [-0.05, 0) is 36.6 Å². The van der Waals surface area contributed by atoms with E-state index in [1.807, 2.05) is 36.4 Å². The summed E-state index contributed by atoms with van der Waals surface area (Å²) in [4.78, 5) is 25.5. The number of hydrogen-bond donors (Lipinski definition) is 1. The zero-order chi connectivity index (χ0) is 18.1. The molecule has 0 aliphatic carbocycles. The molecular formula is C20H21N3O2. The van der Waals surface area contributed by atoms with Crippen molar-refractivity contribution in [3.63, 3.8) is 0 Å². The molecule has 0 saturated carbocycles. The fourth-order valence-electron chi connectivity index (χ4n) is 2.51. The summed E-state index contributed by atoms with van der Waals surface area (Å²) in [5.74, 6) is -0.404. The summed E-state index contributed by atoms with van der Waals surface area (Å²) < 4.78 is 0. The van der Waals surface area contributed by atoms with Crippen LogP contribution in [0, 0.1) is 11.3 Å². The Kier molecular flexibility index (Phi) is 6.73. The van der Waals surface area contributed by atoms with Gasteiger partial charge in [-0.2, -0.15) is 5.26 Å². The minimum atomic E-state index is -0.273. The Morgan fingerprint density at radius 2 is 1.88 bits per heavy atom. The quantitative estimate of drug-likeness (QED) is 0.845. The van der Waals surface area contributed by atoms with E-state index in [-0.39, 0.29) is 18.4 Å². The third-order valence-electron chi connectivity index (χ3n) is 3.79. The maximum Gasteiger partial charge on any atom is 0.243 e. The molecule has 0 spiro atoms. The molecule has 25 heavy (non-hydrogen) atoms. The van der Waals surface area contributed by atoms with Gasteiger partial charge in [0.05, 0.1) is 18.2 Å². The van der Waals surface area contributed by atoms with Crippen LogP contribution in [0.4, 0.5) is 5.69 Å². The number of nitrogens with zero attached hydrogens (tertiary/aromatic N) is 2. The molecule has 0 saturated heterocycles. The first-order chi connectivity index (χ1) is 12.1. The molecule has 0 unspecified atom stereocenters. The molecule has 0 bridgehead atoms. The van der Waals surface area contributed by atoms with Crippen LogP contribution in [0.5, 0.6) is 0 Å². The summed E-state index contributed by atoms with van der Waals surface area (Å²) in [6, 6.07) is 18.8. The smallest absolute Gasteiger partial charge is 0.243 e. The molecule has 5 nitrogen and oxygen atoms in total. The maximum absolute atomic E-state index is 12.2. The van der Waals surface area contributed by atoms with Crippen LogP contribution in [0.15, 0.2) is 54.6 Å². The van der Waals surface area contributed by atoms with E-state index in [4.69, 9.17) is 5.26 Å². The Bertz CT molecular complexity index is 766. The second-order valence-electron chi connectivity index (χ2n) is 5.77. The molecular weight excluding hydrogens is 314 g/mol. The molecule has 0 aliphatic heterocycles. The summed E-state index contributed by atoms with van der Waals surface area (Å²) in [6.07, 6.45) is 1.65. The Labute approximate surface area is 147 Å². The topological polar surface area (TPSA) is 73.2 Å². The van der Waals surface area contributed by atoms with Crippen molar-refractivity contribution in [2.45, 2.75) is 19.8 Å². The van der Waals surface area contributed by atoms with E-state index in [1.165, 1.54) is 17.4 Å². The molecule has 1 N–H and O–H groups in total. The third-order valence-corrected chi connectivity index (χ3v) is 3.79. The molecule has 128 valence electrons. The Morgan fingerprint density at radius 3 is 2.56 bits per heavy atom. The average molecular weight is 335 g/mol. The van der Waals surface area contributed by atoms with Crippen molar-refractivity contribution < 1.29 is 9.59 Å². The van der Waals surface area contributed by atoms with Crippen LogP contribution in [0.2, 0.25) is 0 Å². The van der Waals surface area contributed by atoms with Crippen LogP contribution >= 0.6 is 0 Å². The number of nitrogens with one attached hydrogen (secondary N) is 1. The zero-order valence-electron chi connectivity index (χ0n) is 14.2. The number of hydrogen-bond acceptors (Lipinski definition) is 3. The van der Waals surface area contributed by atoms with Crippen LogP contribution in [-0.4, -0.2) is 29.8 Å². The first-order valence-corrected chi connectivity index (χ1v) is 8.18. The largest absolute Gasteiger partial charge is 0.334 e. The van der Waals surface area contributed by atoms with Gasteiger partial charge in [0, 0.05) is 19.2 Å². The van der Waals surface area contributed by atoms with Crippen LogP contribution in [0.1, 0.15) is 24.5 Å². The van der Waals surface area contributed by atoms with E-state index in [0.717, 1.165) is 12.8 Å². The van der Waals surface area contributed by atoms with Gasteiger partial charge in [0.15, 0.2) is 0 Å². The Hall–Kier alpha value is -3.13. The second-order valence-corrected chi connectivity index (χ2v) is 5.77. The lowest BCUT2D eigenvalue weighted by Crippen LogP contribution is -2.37. The van der Waals surface area contributed by atoms with Gasteiger partial charge in [-0.25, -0.2) is 0 Å². The van der Waals surface area contributed by atoms with Crippen molar-refractivity contribution in [2.24, 2.45) is 0 Å². The van der Waals surface area contributed by atoms with E-state index in [1.54, 1.807) is 24.3 Å². The lowest BCUT2D eigenvalue weighted by molar-refractivity contribution is -0.132. The fourth-order valence-corrected chi connectivity index (χ4v) is 2.51. The van der Waals surface area contributed by atoms with Crippen molar-refractivity contribution >= 4 is 17.5 Å². The monoisotopic (exact) mass is 335 g/mol. The number of amides is 2. The average Bonchev–Trinajstić information content (AvgIpc) is 2.61. The number of rotatable bonds is 7. The molecule has 0 aliphatic rings. The highest BCUT2D eigenvalue weighted by Gasteiger charge is 2.13. The molecule has 0 atom stereocenters. The van der Waals surface area contributed by atoms with E-state index < -0.39 is 0 Å². The number of carbonyl (C=O) groups is 2. The molecule has 2 aromatic carbocycles. The van der Waals surface area contributed by atoms with E-state index in [0.29, 0.717) is 17.8 Å². The minimum Gasteiger partial charge on any atom is -0.334 e. The van der Waals surface area contributed by atoms with Crippen molar-refractivity contribution in [1.82, 2.24) is 4.90 Å². The molecule has 5 heteroatoms. The summed E-state index contributed by atoms with van der Waals surface area (Å²) in [5.41, 5.74) is 2.24. The third kappa shape index (κ3) is 6.11. The lowest BCUT2D eigenvalue weighted by Gasteiger charge is -2.20. The highest BCUT2D eigenvalue weighted by atomic mass is 16.2. The lowest BCUT2D eigenvalue weighted by atomic mass is 10.1. The van der Waals surface area contributed by atoms with Crippen molar-refractivity contribution in [3.8, 4) is 6.07 Å². The van der Waals surface area contributed by atoms with Crippen LogP contribution in [0.25, 0.3) is 0 Å². The molecule has 2 amide bonds. The number of anilines is 1. The van der Waals surface area contributed by atoms with Gasteiger partial charge >= 0.3 is 0 Å². The maximum atomic E-state index is 12.2. The summed E-state index contributed by atoms with van der Waals surface area (Å²) in [6.45, 7) is 1.99. The van der Waals surface area contributed by atoms with Gasteiger partial charge in [-0.15, -0.1) is 0 Å². The summed E-state index contributed by atoms with van der Waals surface area (Å²) in [7, 11) is 0. The van der Waals surface area contributed by atoms with Crippen molar-refractivity contribution in [3.05, 3.63) is 65.7 Å². The van der Waals surface area contributed by atoms with Gasteiger partial charge in [-0.1, -0.05) is 36.4 Å². The molecule has 0 heterocycles. The normalized spacial score (nSPS) is 9.92. The van der Waals surface area contributed by atoms with Crippen molar-refractivity contribution in [2.75, 3.05) is 18.4 Å². The standard InChI is InChI=1S/C20H21N3O2/c1-16(24)23(12-6-10-17-7-3-2-4-8-17)15-20(25)22-19-11-5-9-18(13-19)14-21/h2-5,7-9,11,13H,6,10,12,15H2,1H3,(H,22,25). The molecule has 2 aromatic rings. The second kappa shape index (κ2) is 9.24. The number of nitriles is 1. The zero-order valence-corrected chi connectivity index (χ0v) is 14.2. The van der Waals surface area contributed by atoms with Crippen LogP contribution in [0.3, 0.4) is 0 Å². The highest BCUT2D eigenvalue weighted by molar-refractivity contribution is 5.94. The predicted molar refractivity (Wildman–Crippen MR) is 96.8 cm³/mol. The van der Waals surface area contributed by atoms with Crippen LogP contribution in [-0.2, 0) is 16.0 Å². The first-order valence-electron chi connectivity index (χ1n) is 8.18. The van der Waals surface area contributed by atoms with Gasteiger partial charge in [0.2, 0.25) is 11.8 Å². The Morgan fingerprint density at radius 1 is 1.12 bits per heavy atom. The van der Waals surface area contributed by atoms with Crippen LogP contribution < -0.4 is 5.32 Å². The Balaban J connectivity index is 1.86. The van der Waals surface area contributed by atoms with E-state index in [9.17, 15) is 9.59 Å². The number of aryl methyl sites for hydroxylation is 1. The SMILES string of the molecule is CC(=O)N(CCCc1ccccc1)CC(=O)Nc1cccc(C#N)c1. The van der Waals surface area contributed by atoms with Gasteiger partial charge < -0.3 is 10.2 Å². The molecule has 0 aromatic heterocycles. The van der Waals surface area contributed by atoms with E-state index >= 15 is 0 Å². The predicted octanol–water partition coefficient (Wildman–Crippen LogP) is 2.98. The fraction of sp³-hybridized carbons (Fsp3) is 0.250. The molecule has 0 radical (unpaired) electrons. The number of carbonyl (C=O) groups excluding carboxylic acids is 2. The minimum absolute atomic E-state index is 0.000897. The van der Waals surface area contributed by atoms with Gasteiger partial charge in [-0.3, -0.25) is 9.59 Å². The van der Waals surface area contributed by atoms with Gasteiger partial charge in [0.1, 0.15) is 0 Å². The molecule has 0 fully saturated rings. The summed E-state index contributed by atoms with van der Waals surface area (Å²) >= 11 is 0. The number of benzene rings is 2. The van der Waals surface area contributed by atoms with E-state index in [2.05, 4.69) is 5.32 Å².